The van der Waals surface area contributed by atoms with Gasteiger partial charge < -0.3 is 4.18 Å². The molecule has 0 amide bonds. The zero-order chi connectivity index (χ0) is 16.1. The van der Waals surface area contributed by atoms with Gasteiger partial charge in [0.15, 0.2) is 0 Å². The number of nitro groups is 1. The Morgan fingerprint density at radius 1 is 1.14 bits per heavy atom. The van der Waals surface area contributed by atoms with Gasteiger partial charge in [0, 0.05) is 17.7 Å². The molecule has 8 heteroatoms. The third kappa shape index (κ3) is 4.40. The van der Waals surface area contributed by atoms with Crippen molar-refractivity contribution in [3.05, 3.63) is 69.8 Å². The van der Waals surface area contributed by atoms with E-state index in [0.29, 0.717) is 16.5 Å². The molecule has 0 aliphatic rings. The van der Waals surface area contributed by atoms with Crippen LogP contribution in [0, 0.1) is 17.0 Å². The predicted octanol–water partition coefficient (Wildman–Crippen LogP) is 3.43. The van der Waals surface area contributed by atoms with Gasteiger partial charge >= 0.3 is 0 Å². The van der Waals surface area contributed by atoms with Crippen molar-refractivity contribution in [1.29, 1.82) is 0 Å². The van der Waals surface area contributed by atoms with E-state index in [0.717, 1.165) is 5.56 Å². The molecular weight excluding hydrogens is 326 g/mol. The summed E-state index contributed by atoms with van der Waals surface area (Å²) in [6, 6.07) is 12.0. The summed E-state index contributed by atoms with van der Waals surface area (Å²) in [5.41, 5.74) is 1.14. The van der Waals surface area contributed by atoms with E-state index in [1.165, 1.54) is 24.3 Å². The van der Waals surface area contributed by atoms with E-state index >= 15 is 0 Å². The van der Waals surface area contributed by atoms with Crippen molar-refractivity contribution in [1.82, 2.24) is 0 Å². The Labute approximate surface area is 132 Å². The van der Waals surface area contributed by atoms with Crippen molar-refractivity contribution in [2.24, 2.45) is 0 Å². The lowest BCUT2D eigenvalue weighted by Crippen LogP contribution is -2.01. The van der Waals surface area contributed by atoms with Crippen LogP contribution in [-0.4, -0.2) is 14.2 Å². The van der Waals surface area contributed by atoms with Gasteiger partial charge in [0.1, 0.15) is 5.75 Å². The number of benzene rings is 2. The van der Waals surface area contributed by atoms with E-state index in [4.69, 9.17) is 4.18 Å². The molecule has 0 saturated carbocycles. The van der Waals surface area contributed by atoms with Gasteiger partial charge in [0.05, 0.1) is 15.7 Å². The van der Waals surface area contributed by atoms with Crippen molar-refractivity contribution >= 4 is 31.7 Å². The van der Waals surface area contributed by atoms with Crippen LogP contribution >= 0.6 is 10.8 Å². The Hall–Kier alpha value is -2.19. The zero-order valence-corrected chi connectivity index (χ0v) is 13.1. The maximum absolute atomic E-state index is 11.9. The fraction of sp³-hybridized carbons (Fsp3) is 0.0714. The number of rotatable bonds is 5. The van der Waals surface area contributed by atoms with Crippen molar-refractivity contribution in [3.63, 3.8) is 0 Å². The third-order valence-corrected chi connectivity index (χ3v) is 4.56. The molecule has 22 heavy (non-hydrogen) atoms. The molecule has 0 N–H and O–H groups in total. The molecule has 1 unspecified atom stereocenters. The molecule has 114 valence electrons. The Morgan fingerprint density at radius 3 is 2.27 bits per heavy atom. The molecule has 0 radical (unpaired) electrons. The summed E-state index contributed by atoms with van der Waals surface area (Å²) < 4.78 is 16.9. The van der Waals surface area contributed by atoms with E-state index in [9.17, 15) is 19.1 Å². The molecule has 0 heterocycles. The van der Waals surface area contributed by atoms with Crippen LogP contribution in [0.25, 0.3) is 0 Å². The number of non-ortho nitro benzene ring substituents is 1. The SMILES string of the molecule is Cc1ccc(OS(=O)SC(=O)c2ccc([N+](=O)[O-])cc2)cc1. The first-order valence-electron chi connectivity index (χ1n) is 6.09. The molecule has 0 aliphatic heterocycles. The summed E-state index contributed by atoms with van der Waals surface area (Å²) in [7, 11) is -1.38. The second-order valence-corrected chi connectivity index (χ2v) is 6.70. The third-order valence-electron chi connectivity index (χ3n) is 2.64. The van der Waals surface area contributed by atoms with Gasteiger partial charge in [-0.25, -0.2) is 4.21 Å². The number of carbonyl (C=O) groups is 1. The number of nitro benzene ring substituents is 1. The van der Waals surface area contributed by atoms with Crippen molar-refractivity contribution in [2.45, 2.75) is 6.92 Å². The van der Waals surface area contributed by atoms with Crippen LogP contribution in [0.4, 0.5) is 5.69 Å². The highest BCUT2D eigenvalue weighted by Crippen LogP contribution is 2.22. The van der Waals surface area contributed by atoms with Gasteiger partial charge in [0.2, 0.25) is 5.12 Å². The lowest BCUT2D eigenvalue weighted by Gasteiger charge is -2.04. The molecule has 1 atom stereocenters. The molecule has 0 aliphatic carbocycles. The van der Waals surface area contributed by atoms with Crippen LogP contribution in [0.15, 0.2) is 48.5 Å². The number of aryl methyl sites for hydroxylation is 1. The lowest BCUT2D eigenvalue weighted by molar-refractivity contribution is -0.384. The standard InChI is InChI=1S/C14H11NO5S2/c1-10-2-8-13(9-3-10)20-22(19)21-14(16)11-4-6-12(7-5-11)15(17)18/h2-9H,1H3. The molecule has 0 bridgehead atoms. The average Bonchev–Trinajstić information content (AvgIpc) is 2.49. The van der Waals surface area contributed by atoms with Crippen LogP contribution in [-0.2, 0) is 10.1 Å². The van der Waals surface area contributed by atoms with Gasteiger partial charge in [-0.3, -0.25) is 14.9 Å². The Balaban J connectivity index is 1.97. The van der Waals surface area contributed by atoms with Crippen LogP contribution in [0.2, 0.25) is 0 Å². The highest BCUT2D eigenvalue weighted by Gasteiger charge is 2.15. The second-order valence-electron chi connectivity index (χ2n) is 4.28. The van der Waals surface area contributed by atoms with E-state index in [1.54, 1.807) is 24.3 Å². The summed E-state index contributed by atoms with van der Waals surface area (Å²) in [5.74, 6) is 0.396. The van der Waals surface area contributed by atoms with Gasteiger partial charge in [0.25, 0.3) is 15.8 Å². The Kier molecular flexibility index (Phi) is 5.29. The Bertz CT molecular complexity index is 713. The van der Waals surface area contributed by atoms with Crippen LogP contribution in [0.1, 0.15) is 15.9 Å². The van der Waals surface area contributed by atoms with E-state index in [1.807, 2.05) is 6.92 Å². The topological polar surface area (TPSA) is 86.5 Å². The first-order chi connectivity index (χ1) is 10.5. The molecule has 2 aromatic carbocycles. The van der Waals surface area contributed by atoms with E-state index in [2.05, 4.69) is 0 Å². The molecule has 0 saturated heterocycles. The molecule has 2 rings (SSSR count). The summed E-state index contributed by atoms with van der Waals surface area (Å²) in [6.07, 6.45) is 0. The largest absolute Gasteiger partial charge is 0.392 e. The van der Waals surface area contributed by atoms with Crippen molar-refractivity contribution in [3.8, 4) is 5.75 Å². The minimum absolute atomic E-state index is 0.112. The fourth-order valence-electron chi connectivity index (χ4n) is 1.52. The summed E-state index contributed by atoms with van der Waals surface area (Å²) >= 11 is 0. The molecule has 0 spiro atoms. The molecule has 0 aromatic heterocycles. The van der Waals surface area contributed by atoms with Gasteiger partial charge in [-0.15, -0.1) is 0 Å². The van der Waals surface area contributed by atoms with Crippen LogP contribution in [0.5, 0.6) is 5.75 Å². The summed E-state index contributed by atoms with van der Waals surface area (Å²) in [5, 5.41) is 10.0. The number of nitrogens with zero attached hydrogens (tertiary/aromatic N) is 1. The van der Waals surface area contributed by atoms with E-state index in [-0.39, 0.29) is 11.3 Å². The van der Waals surface area contributed by atoms with Crippen LogP contribution in [0.3, 0.4) is 0 Å². The summed E-state index contributed by atoms with van der Waals surface area (Å²) in [4.78, 5) is 21.9. The quantitative estimate of drug-likeness (QED) is 0.472. The second kappa shape index (κ2) is 7.19. The monoisotopic (exact) mass is 337 g/mol. The zero-order valence-electron chi connectivity index (χ0n) is 11.4. The van der Waals surface area contributed by atoms with E-state index < -0.39 is 20.2 Å². The predicted molar refractivity (Wildman–Crippen MR) is 85.0 cm³/mol. The minimum Gasteiger partial charge on any atom is -0.392 e. The van der Waals surface area contributed by atoms with Crippen molar-refractivity contribution < 1.29 is 18.1 Å². The first kappa shape index (κ1) is 16.2. The smallest absolute Gasteiger partial charge is 0.279 e. The van der Waals surface area contributed by atoms with Crippen LogP contribution < -0.4 is 4.18 Å². The van der Waals surface area contributed by atoms with Gasteiger partial charge in [-0.05, 0) is 31.2 Å². The maximum Gasteiger partial charge on any atom is 0.279 e. The molecular formula is C14H11NO5S2. The fourth-order valence-corrected chi connectivity index (χ4v) is 3.17. The maximum atomic E-state index is 11.9. The van der Waals surface area contributed by atoms with Gasteiger partial charge in [-0.2, -0.15) is 0 Å². The lowest BCUT2D eigenvalue weighted by atomic mass is 10.2. The first-order valence-corrected chi connectivity index (χ1v) is 8.50. The van der Waals surface area contributed by atoms with Crippen molar-refractivity contribution in [2.75, 3.05) is 0 Å². The Morgan fingerprint density at radius 2 is 1.73 bits per heavy atom. The summed E-state index contributed by atoms with van der Waals surface area (Å²) in [6.45, 7) is 1.91. The van der Waals surface area contributed by atoms with Gasteiger partial charge in [-0.1, -0.05) is 17.7 Å². The molecule has 0 fully saturated rings. The number of carbonyl (C=O) groups excluding carboxylic acids is 1. The molecule has 2 aromatic rings. The normalized spacial score (nSPS) is 11.7. The number of hydrogen-bond acceptors (Lipinski definition) is 6. The molecule has 6 nitrogen and oxygen atoms in total. The minimum atomic E-state index is -1.89. The number of hydrogen-bond donors (Lipinski definition) is 0. The highest BCUT2D eigenvalue weighted by atomic mass is 33.1. The highest BCUT2D eigenvalue weighted by molar-refractivity contribution is 8.74. The average molecular weight is 337 g/mol.